The summed E-state index contributed by atoms with van der Waals surface area (Å²) in [4.78, 5) is 35.2. The molecule has 0 unspecified atom stereocenters. The summed E-state index contributed by atoms with van der Waals surface area (Å²) in [5.74, 6) is -2.96. The largest absolute Gasteiger partial charge is 0.573 e. The van der Waals surface area contributed by atoms with Crippen molar-refractivity contribution in [2.75, 3.05) is 13.7 Å². The van der Waals surface area contributed by atoms with Crippen LogP contribution in [0.15, 0.2) is 53.6 Å². The molecule has 168 valence electrons. The Labute approximate surface area is 178 Å². The molecule has 0 fully saturated rings. The molecule has 0 aliphatic heterocycles. The molecule has 2 N–H and O–H groups in total. The quantitative estimate of drug-likeness (QED) is 0.534. The van der Waals surface area contributed by atoms with Crippen LogP contribution in [0.3, 0.4) is 0 Å². The van der Waals surface area contributed by atoms with Gasteiger partial charge >= 0.3 is 6.36 Å². The number of nitrogens with zero attached hydrogens (tertiary/aromatic N) is 2. The van der Waals surface area contributed by atoms with E-state index >= 15 is 0 Å². The molecule has 1 atom stereocenters. The minimum atomic E-state index is -5.06. The van der Waals surface area contributed by atoms with Gasteiger partial charge in [0.2, 0.25) is 0 Å². The highest BCUT2D eigenvalue weighted by molar-refractivity contribution is 5.92. The van der Waals surface area contributed by atoms with Crippen LogP contribution in [-0.2, 0) is 4.74 Å². The SMILES string of the molecule is COC[C@@H](NC(=O)c1cc(=O)[nH]c(-c2cccnc2)n1)c1ccc(OC(F)(F)F)c(F)c1. The number of hydrogen-bond acceptors (Lipinski definition) is 6. The van der Waals surface area contributed by atoms with E-state index in [1.54, 1.807) is 12.1 Å². The van der Waals surface area contributed by atoms with Crippen LogP contribution < -0.4 is 15.6 Å². The Bertz CT molecular complexity index is 1150. The standard InChI is InChI=1S/C20H16F4N4O4/c1-31-10-15(11-4-5-16(13(21)7-11)32-20(22,23)24)27-19(30)14-8-17(29)28-18(26-14)12-3-2-6-25-9-12/h2-9,15H,10H2,1H3,(H,27,30)(H,26,28,29)/t15-/m1/s1. The highest BCUT2D eigenvalue weighted by Gasteiger charge is 2.32. The maximum atomic E-state index is 14.1. The third-order valence-corrected chi connectivity index (χ3v) is 4.13. The number of nitrogens with one attached hydrogen (secondary N) is 2. The topological polar surface area (TPSA) is 106 Å². The fourth-order valence-electron chi connectivity index (χ4n) is 2.77. The second kappa shape index (κ2) is 9.56. The Morgan fingerprint density at radius 1 is 1.25 bits per heavy atom. The fourth-order valence-corrected chi connectivity index (χ4v) is 2.77. The number of benzene rings is 1. The molecule has 0 aliphatic carbocycles. The second-order valence-corrected chi connectivity index (χ2v) is 6.44. The highest BCUT2D eigenvalue weighted by Crippen LogP contribution is 2.28. The molecule has 3 rings (SSSR count). The van der Waals surface area contributed by atoms with Crippen molar-refractivity contribution in [1.29, 1.82) is 0 Å². The van der Waals surface area contributed by atoms with Crippen LogP contribution >= 0.6 is 0 Å². The number of hydrogen-bond donors (Lipinski definition) is 2. The van der Waals surface area contributed by atoms with Crippen molar-refractivity contribution in [2.24, 2.45) is 0 Å². The lowest BCUT2D eigenvalue weighted by atomic mass is 10.1. The lowest BCUT2D eigenvalue weighted by molar-refractivity contribution is -0.275. The molecule has 1 amide bonds. The lowest BCUT2D eigenvalue weighted by Crippen LogP contribution is -2.33. The average Bonchev–Trinajstić information content (AvgIpc) is 2.74. The van der Waals surface area contributed by atoms with Crippen LogP contribution in [0.25, 0.3) is 11.4 Å². The smallest absolute Gasteiger partial charge is 0.403 e. The summed E-state index contributed by atoms with van der Waals surface area (Å²) in [5.41, 5.74) is -0.238. The first kappa shape index (κ1) is 22.9. The molecular weight excluding hydrogens is 436 g/mol. The number of pyridine rings is 1. The molecule has 2 heterocycles. The highest BCUT2D eigenvalue weighted by atomic mass is 19.4. The summed E-state index contributed by atoms with van der Waals surface area (Å²) in [6.07, 6.45) is -2.08. The van der Waals surface area contributed by atoms with E-state index in [0.717, 1.165) is 24.3 Å². The van der Waals surface area contributed by atoms with Crippen molar-refractivity contribution in [3.63, 3.8) is 0 Å². The average molecular weight is 452 g/mol. The van der Waals surface area contributed by atoms with Gasteiger partial charge in [0.25, 0.3) is 11.5 Å². The Kier molecular flexibility index (Phi) is 6.83. The number of halogens is 4. The van der Waals surface area contributed by atoms with Crippen LogP contribution in [-0.4, -0.2) is 40.9 Å². The van der Waals surface area contributed by atoms with E-state index in [0.29, 0.717) is 5.56 Å². The molecule has 0 spiro atoms. The van der Waals surface area contributed by atoms with Gasteiger partial charge in [0.15, 0.2) is 11.6 Å². The van der Waals surface area contributed by atoms with Gasteiger partial charge in [-0.15, -0.1) is 13.2 Å². The summed E-state index contributed by atoms with van der Waals surface area (Å²) in [5, 5.41) is 2.53. The molecule has 0 radical (unpaired) electrons. The van der Waals surface area contributed by atoms with Gasteiger partial charge < -0.3 is 19.8 Å². The van der Waals surface area contributed by atoms with Crippen LogP contribution in [0, 0.1) is 5.82 Å². The first-order valence-corrected chi connectivity index (χ1v) is 9.03. The summed E-state index contributed by atoms with van der Waals surface area (Å²) in [6.45, 7) is -0.136. The molecule has 0 saturated heterocycles. The first-order chi connectivity index (χ1) is 15.2. The van der Waals surface area contributed by atoms with Crippen molar-refractivity contribution in [1.82, 2.24) is 20.3 Å². The van der Waals surface area contributed by atoms with Gasteiger partial charge in [0.1, 0.15) is 11.5 Å². The van der Waals surface area contributed by atoms with Gasteiger partial charge in [0.05, 0.1) is 12.6 Å². The number of aromatic amines is 1. The maximum absolute atomic E-state index is 14.1. The predicted molar refractivity (Wildman–Crippen MR) is 103 cm³/mol. The number of ether oxygens (including phenoxy) is 2. The Hall–Kier alpha value is -3.80. The molecule has 2 aromatic heterocycles. The van der Waals surface area contributed by atoms with E-state index in [4.69, 9.17) is 4.74 Å². The Balaban J connectivity index is 1.85. The van der Waals surface area contributed by atoms with Crippen LogP contribution in [0.2, 0.25) is 0 Å². The Morgan fingerprint density at radius 3 is 2.66 bits per heavy atom. The number of aromatic nitrogens is 3. The van der Waals surface area contributed by atoms with Gasteiger partial charge in [-0.2, -0.15) is 0 Å². The zero-order valence-corrected chi connectivity index (χ0v) is 16.4. The first-order valence-electron chi connectivity index (χ1n) is 9.03. The van der Waals surface area contributed by atoms with Gasteiger partial charge in [-0.05, 0) is 29.8 Å². The molecule has 0 bridgehead atoms. The van der Waals surface area contributed by atoms with Gasteiger partial charge in [-0.1, -0.05) is 6.07 Å². The Morgan fingerprint density at radius 2 is 2.03 bits per heavy atom. The molecule has 0 saturated carbocycles. The van der Waals surface area contributed by atoms with Crippen LogP contribution in [0.1, 0.15) is 22.1 Å². The lowest BCUT2D eigenvalue weighted by Gasteiger charge is -2.19. The van der Waals surface area contributed by atoms with Crippen molar-refractivity contribution < 1.29 is 31.8 Å². The maximum Gasteiger partial charge on any atom is 0.573 e. The molecule has 32 heavy (non-hydrogen) atoms. The zero-order valence-electron chi connectivity index (χ0n) is 16.4. The second-order valence-electron chi connectivity index (χ2n) is 6.44. The fraction of sp³-hybridized carbons (Fsp3) is 0.200. The number of amides is 1. The van der Waals surface area contributed by atoms with Crippen molar-refractivity contribution in [2.45, 2.75) is 12.4 Å². The van der Waals surface area contributed by atoms with Crippen molar-refractivity contribution in [3.8, 4) is 17.1 Å². The van der Waals surface area contributed by atoms with E-state index in [9.17, 15) is 27.2 Å². The normalized spacial score (nSPS) is 12.3. The molecular formula is C20H16F4N4O4. The number of alkyl halides is 3. The van der Waals surface area contributed by atoms with E-state index in [1.165, 1.54) is 19.5 Å². The van der Waals surface area contributed by atoms with E-state index in [1.807, 2.05) is 0 Å². The van der Waals surface area contributed by atoms with Crippen molar-refractivity contribution >= 4 is 5.91 Å². The van der Waals surface area contributed by atoms with Crippen LogP contribution in [0.4, 0.5) is 17.6 Å². The third-order valence-electron chi connectivity index (χ3n) is 4.13. The number of H-pyrrole nitrogens is 1. The molecule has 8 nitrogen and oxygen atoms in total. The summed E-state index contributed by atoms with van der Waals surface area (Å²) in [6, 6.07) is 6.01. The van der Waals surface area contributed by atoms with Gasteiger partial charge in [-0.25, -0.2) is 9.37 Å². The summed E-state index contributed by atoms with van der Waals surface area (Å²) >= 11 is 0. The monoisotopic (exact) mass is 452 g/mol. The predicted octanol–water partition coefficient (Wildman–Crippen LogP) is 2.99. The third kappa shape index (κ3) is 5.88. The van der Waals surface area contributed by atoms with Gasteiger partial charge in [0, 0.05) is 31.1 Å². The molecule has 12 heteroatoms. The minimum Gasteiger partial charge on any atom is -0.403 e. The number of methoxy groups -OCH3 is 1. The van der Waals surface area contributed by atoms with E-state index in [2.05, 4.69) is 25.0 Å². The number of rotatable bonds is 7. The molecule has 0 aliphatic rings. The number of carbonyl (C=O) groups is 1. The van der Waals surface area contributed by atoms with Gasteiger partial charge in [-0.3, -0.25) is 14.6 Å². The molecule has 1 aromatic carbocycles. The molecule has 3 aromatic rings. The number of carbonyl (C=O) groups excluding carboxylic acids is 1. The summed E-state index contributed by atoms with van der Waals surface area (Å²) < 4.78 is 59.7. The summed E-state index contributed by atoms with van der Waals surface area (Å²) in [7, 11) is 1.32. The van der Waals surface area contributed by atoms with E-state index in [-0.39, 0.29) is 23.7 Å². The zero-order chi connectivity index (χ0) is 23.3. The van der Waals surface area contributed by atoms with E-state index < -0.39 is 35.4 Å². The van der Waals surface area contributed by atoms with Crippen molar-refractivity contribution in [3.05, 3.63) is 76.2 Å². The minimum absolute atomic E-state index is 0.110. The van der Waals surface area contributed by atoms with Crippen LogP contribution in [0.5, 0.6) is 5.75 Å².